The Labute approximate surface area is 201 Å². The molecule has 4 rings (SSSR count). The summed E-state index contributed by atoms with van der Waals surface area (Å²) in [7, 11) is 0. The molecule has 0 radical (unpaired) electrons. The van der Waals surface area contributed by atoms with Crippen molar-refractivity contribution in [3.63, 3.8) is 0 Å². The highest BCUT2D eigenvalue weighted by molar-refractivity contribution is 9.10. The third-order valence-electron chi connectivity index (χ3n) is 4.83. The van der Waals surface area contributed by atoms with E-state index in [1.807, 2.05) is 0 Å². The lowest BCUT2D eigenvalue weighted by Crippen LogP contribution is -2.20. The number of hydrogen-bond acceptors (Lipinski definition) is 6. The molecule has 1 aromatic heterocycles. The van der Waals surface area contributed by atoms with E-state index in [-0.39, 0.29) is 23.6 Å². The van der Waals surface area contributed by atoms with Crippen LogP contribution in [-0.2, 0) is 6.61 Å². The van der Waals surface area contributed by atoms with Crippen molar-refractivity contribution in [2.45, 2.75) is 13.5 Å². The fraction of sp³-hybridized carbons (Fsp3) is 0.0870. The number of nitro benzene ring substituents is 1. The van der Waals surface area contributed by atoms with E-state index in [9.17, 15) is 14.9 Å². The van der Waals surface area contributed by atoms with Crippen LogP contribution in [0.15, 0.2) is 75.0 Å². The second-order valence-corrected chi connectivity index (χ2v) is 8.34. The number of hydrogen-bond donors (Lipinski definition) is 0. The van der Waals surface area contributed by atoms with Gasteiger partial charge in [0.05, 0.1) is 22.0 Å². The number of fused-ring (bicyclic) bond motifs is 1. The molecule has 0 aliphatic carbocycles. The summed E-state index contributed by atoms with van der Waals surface area (Å²) in [6.45, 7) is 1.68. The molecule has 0 fully saturated rings. The Morgan fingerprint density at radius 2 is 2.00 bits per heavy atom. The molecule has 0 amide bonds. The third kappa shape index (κ3) is 4.79. The van der Waals surface area contributed by atoms with Crippen LogP contribution in [-0.4, -0.2) is 20.8 Å². The van der Waals surface area contributed by atoms with Crippen LogP contribution in [0.3, 0.4) is 0 Å². The lowest BCUT2D eigenvalue weighted by Gasteiger charge is -2.11. The molecule has 0 bridgehead atoms. The number of ether oxygens (including phenoxy) is 1. The molecule has 3 aromatic carbocycles. The molecule has 0 atom stereocenters. The van der Waals surface area contributed by atoms with Gasteiger partial charge in [-0.15, -0.1) is 0 Å². The van der Waals surface area contributed by atoms with Gasteiger partial charge in [-0.3, -0.25) is 14.9 Å². The summed E-state index contributed by atoms with van der Waals surface area (Å²) in [5.41, 5.74) is 0.967. The number of benzene rings is 3. The second kappa shape index (κ2) is 9.51. The molecule has 0 aliphatic heterocycles. The fourth-order valence-electron chi connectivity index (χ4n) is 3.23. The van der Waals surface area contributed by atoms with Crippen LogP contribution in [0.5, 0.6) is 5.75 Å². The lowest BCUT2D eigenvalue weighted by molar-refractivity contribution is -0.385. The number of nitro groups is 1. The Morgan fingerprint density at radius 1 is 1.21 bits per heavy atom. The zero-order chi connectivity index (χ0) is 23.5. The van der Waals surface area contributed by atoms with Gasteiger partial charge in [0.2, 0.25) is 5.75 Å². The highest BCUT2D eigenvalue weighted by Crippen LogP contribution is 2.31. The van der Waals surface area contributed by atoms with Crippen molar-refractivity contribution in [3.8, 4) is 5.75 Å². The molecule has 0 N–H and O–H groups in total. The first-order chi connectivity index (χ1) is 15.8. The quantitative estimate of drug-likeness (QED) is 0.187. The van der Waals surface area contributed by atoms with Crippen LogP contribution in [0.4, 0.5) is 5.69 Å². The van der Waals surface area contributed by atoms with Gasteiger partial charge in [0.25, 0.3) is 5.56 Å². The van der Waals surface area contributed by atoms with E-state index in [0.29, 0.717) is 32.9 Å². The predicted molar refractivity (Wildman–Crippen MR) is 130 cm³/mol. The number of aromatic nitrogens is 2. The topological polar surface area (TPSA) is 99.6 Å². The summed E-state index contributed by atoms with van der Waals surface area (Å²) in [4.78, 5) is 28.4. The van der Waals surface area contributed by atoms with Gasteiger partial charge in [-0.25, -0.2) is 4.98 Å². The molecule has 8 nitrogen and oxygen atoms in total. The van der Waals surface area contributed by atoms with Gasteiger partial charge in [-0.05, 0) is 37.3 Å². The lowest BCUT2D eigenvalue weighted by atomic mass is 10.2. The molecule has 1 heterocycles. The molecule has 0 aliphatic rings. The largest absolute Gasteiger partial charge is 0.481 e. The average Bonchev–Trinajstić information content (AvgIpc) is 2.79. The van der Waals surface area contributed by atoms with Crippen LogP contribution in [0.1, 0.15) is 17.0 Å². The minimum Gasteiger partial charge on any atom is -0.481 e. The van der Waals surface area contributed by atoms with E-state index in [0.717, 1.165) is 9.15 Å². The molecule has 166 valence electrons. The Bertz CT molecular complexity index is 1470. The predicted octanol–water partition coefficient (Wildman–Crippen LogP) is 5.49. The van der Waals surface area contributed by atoms with Gasteiger partial charge in [0, 0.05) is 26.7 Å². The average molecular weight is 528 g/mol. The molecule has 4 aromatic rings. The minimum atomic E-state index is -0.536. The second-order valence-electron chi connectivity index (χ2n) is 7.01. The summed E-state index contributed by atoms with van der Waals surface area (Å²) in [6.07, 6.45) is 1.34. The van der Waals surface area contributed by atoms with E-state index in [4.69, 9.17) is 16.3 Å². The van der Waals surface area contributed by atoms with E-state index in [1.54, 1.807) is 55.5 Å². The number of halogens is 2. The summed E-state index contributed by atoms with van der Waals surface area (Å²) in [6, 6.07) is 16.7. The normalized spacial score (nSPS) is 11.2. The summed E-state index contributed by atoms with van der Waals surface area (Å²) in [5.74, 6) is 0.392. The van der Waals surface area contributed by atoms with Crippen molar-refractivity contribution in [2.24, 2.45) is 5.10 Å². The zero-order valence-corrected chi connectivity index (χ0v) is 19.6. The van der Waals surface area contributed by atoms with Gasteiger partial charge < -0.3 is 4.74 Å². The van der Waals surface area contributed by atoms with E-state index < -0.39 is 4.92 Å². The number of aryl methyl sites for hydroxylation is 1. The Morgan fingerprint density at radius 3 is 2.76 bits per heavy atom. The standard InChI is InChI=1S/C23H16BrClN4O4/c1-14-27-20-10-9-17(24)11-18(20)23(30)28(14)26-12-15-6-4-8-21(29(31)32)22(15)33-13-16-5-2-3-7-19(16)25/h2-12H,13H2,1H3. The van der Waals surface area contributed by atoms with Crippen molar-refractivity contribution in [2.75, 3.05) is 0 Å². The van der Waals surface area contributed by atoms with Crippen molar-refractivity contribution in [1.29, 1.82) is 0 Å². The molecule has 0 unspecified atom stereocenters. The number of para-hydroxylation sites is 1. The van der Waals surface area contributed by atoms with E-state index in [1.165, 1.54) is 18.3 Å². The maximum atomic E-state index is 13.0. The first kappa shape index (κ1) is 22.6. The van der Waals surface area contributed by atoms with Crippen LogP contribution in [0.2, 0.25) is 5.02 Å². The van der Waals surface area contributed by atoms with Gasteiger partial charge in [-0.2, -0.15) is 9.78 Å². The van der Waals surface area contributed by atoms with Gasteiger partial charge in [0.15, 0.2) is 0 Å². The maximum Gasteiger partial charge on any atom is 0.311 e. The molecular weight excluding hydrogens is 512 g/mol. The fourth-order valence-corrected chi connectivity index (χ4v) is 3.78. The Hall–Kier alpha value is -3.56. The molecule has 0 spiro atoms. The summed E-state index contributed by atoms with van der Waals surface area (Å²) < 4.78 is 7.69. The molecule has 33 heavy (non-hydrogen) atoms. The Kier molecular flexibility index (Phi) is 6.52. The highest BCUT2D eigenvalue weighted by Gasteiger charge is 2.19. The number of rotatable bonds is 6. The summed E-state index contributed by atoms with van der Waals surface area (Å²) >= 11 is 9.53. The van der Waals surface area contributed by atoms with Crippen LogP contribution < -0.4 is 10.3 Å². The van der Waals surface area contributed by atoms with Gasteiger partial charge in [0.1, 0.15) is 12.4 Å². The maximum absolute atomic E-state index is 13.0. The third-order valence-corrected chi connectivity index (χ3v) is 5.70. The molecule has 0 saturated heterocycles. The number of nitrogens with zero attached hydrogens (tertiary/aromatic N) is 4. The van der Waals surface area contributed by atoms with Crippen molar-refractivity contribution >= 4 is 50.3 Å². The SMILES string of the molecule is Cc1nc2ccc(Br)cc2c(=O)n1N=Cc1cccc([N+](=O)[O-])c1OCc1ccccc1Cl. The smallest absolute Gasteiger partial charge is 0.311 e. The van der Waals surface area contributed by atoms with Crippen LogP contribution in [0, 0.1) is 17.0 Å². The zero-order valence-electron chi connectivity index (χ0n) is 17.2. The molecule has 10 heteroatoms. The van der Waals surface area contributed by atoms with E-state index >= 15 is 0 Å². The van der Waals surface area contributed by atoms with Crippen LogP contribution >= 0.6 is 27.5 Å². The monoisotopic (exact) mass is 526 g/mol. The molecular formula is C23H16BrClN4O4. The van der Waals surface area contributed by atoms with Crippen molar-refractivity contribution in [3.05, 3.63) is 108 Å². The Balaban J connectivity index is 1.75. The van der Waals surface area contributed by atoms with Crippen LogP contribution in [0.25, 0.3) is 10.9 Å². The van der Waals surface area contributed by atoms with Gasteiger partial charge in [-0.1, -0.05) is 51.8 Å². The minimum absolute atomic E-state index is 0.0216. The molecule has 0 saturated carbocycles. The van der Waals surface area contributed by atoms with E-state index in [2.05, 4.69) is 26.0 Å². The first-order valence-corrected chi connectivity index (χ1v) is 10.9. The van der Waals surface area contributed by atoms with Gasteiger partial charge >= 0.3 is 5.69 Å². The summed E-state index contributed by atoms with van der Waals surface area (Å²) in [5, 5.41) is 16.7. The van der Waals surface area contributed by atoms with Crippen molar-refractivity contribution < 1.29 is 9.66 Å². The van der Waals surface area contributed by atoms with Crippen molar-refractivity contribution in [1.82, 2.24) is 9.66 Å². The first-order valence-electron chi connectivity index (χ1n) is 9.72. The highest BCUT2D eigenvalue weighted by atomic mass is 79.9.